The number of aromatic carboxylic acids is 1. The molecule has 0 saturated heterocycles. The Morgan fingerprint density at radius 2 is 2.16 bits per heavy atom. The summed E-state index contributed by atoms with van der Waals surface area (Å²) in [5.41, 5.74) is -1.93. The van der Waals surface area contributed by atoms with Gasteiger partial charge in [-0.2, -0.15) is 0 Å². The van der Waals surface area contributed by atoms with Crippen molar-refractivity contribution in [3.8, 4) is 0 Å². The molecule has 0 spiro atoms. The van der Waals surface area contributed by atoms with Crippen LogP contribution in [0.4, 0.5) is 0 Å². The number of carboxylic acids is 1. The van der Waals surface area contributed by atoms with Crippen LogP contribution >= 0.6 is 27.3 Å². The topological polar surface area (TPSA) is 92.2 Å². The Morgan fingerprint density at radius 3 is 2.74 bits per heavy atom. The van der Waals surface area contributed by atoms with Crippen LogP contribution in [0.15, 0.2) is 31.7 Å². The first kappa shape index (κ1) is 13.8. The van der Waals surface area contributed by atoms with Gasteiger partial charge in [-0.05, 0) is 34.5 Å². The lowest BCUT2D eigenvalue weighted by Crippen LogP contribution is -2.33. The van der Waals surface area contributed by atoms with Crippen molar-refractivity contribution >= 4 is 33.2 Å². The van der Waals surface area contributed by atoms with E-state index in [1.807, 2.05) is 17.1 Å². The van der Waals surface area contributed by atoms with Gasteiger partial charge in [0.05, 0.1) is 3.79 Å². The SMILES string of the molecule is O=C(O)c1cn(CCc2ccc(Br)s2)c(=O)[nH]c1=O. The number of hydrogen-bond donors (Lipinski definition) is 2. The highest BCUT2D eigenvalue weighted by Crippen LogP contribution is 2.22. The van der Waals surface area contributed by atoms with Crippen LogP contribution in [0, 0.1) is 0 Å². The van der Waals surface area contributed by atoms with E-state index in [0.717, 1.165) is 14.9 Å². The molecule has 2 heterocycles. The first-order valence-electron chi connectivity index (χ1n) is 5.28. The Morgan fingerprint density at radius 1 is 1.42 bits per heavy atom. The maximum absolute atomic E-state index is 11.5. The maximum atomic E-state index is 11.5. The molecule has 2 N–H and O–H groups in total. The fraction of sp³-hybridized carbons (Fsp3) is 0.182. The molecule has 2 rings (SSSR count). The van der Waals surface area contributed by atoms with E-state index in [2.05, 4.69) is 15.9 Å². The molecule has 0 aliphatic heterocycles. The summed E-state index contributed by atoms with van der Waals surface area (Å²) in [7, 11) is 0. The first-order valence-corrected chi connectivity index (χ1v) is 6.89. The number of rotatable bonds is 4. The summed E-state index contributed by atoms with van der Waals surface area (Å²) >= 11 is 4.88. The van der Waals surface area contributed by atoms with E-state index >= 15 is 0 Å². The number of hydrogen-bond acceptors (Lipinski definition) is 4. The summed E-state index contributed by atoms with van der Waals surface area (Å²) in [5, 5.41) is 8.83. The van der Waals surface area contributed by atoms with Crippen LogP contribution in [0.5, 0.6) is 0 Å². The van der Waals surface area contributed by atoms with Crippen molar-refractivity contribution in [2.75, 3.05) is 0 Å². The van der Waals surface area contributed by atoms with Crippen molar-refractivity contribution < 1.29 is 9.90 Å². The summed E-state index contributed by atoms with van der Waals surface area (Å²) in [6.45, 7) is 0.308. The van der Waals surface area contributed by atoms with Gasteiger partial charge in [-0.25, -0.2) is 9.59 Å². The summed E-state index contributed by atoms with van der Waals surface area (Å²) < 4.78 is 2.18. The van der Waals surface area contributed by atoms with Gasteiger partial charge in [0.2, 0.25) is 0 Å². The molecule has 2 aromatic rings. The van der Waals surface area contributed by atoms with E-state index in [1.165, 1.54) is 15.9 Å². The van der Waals surface area contributed by atoms with Crippen LogP contribution < -0.4 is 11.2 Å². The minimum absolute atomic E-state index is 0.308. The lowest BCUT2D eigenvalue weighted by Gasteiger charge is -2.04. The lowest BCUT2D eigenvalue weighted by atomic mass is 10.3. The number of carboxylic acid groups (broad SMARTS) is 1. The second-order valence-corrected chi connectivity index (χ2v) is 6.30. The molecule has 0 saturated carbocycles. The number of nitrogens with zero attached hydrogens (tertiary/aromatic N) is 1. The molecule has 2 aromatic heterocycles. The highest BCUT2D eigenvalue weighted by molar-refractivity contribution is 9.11. The van der Waals surface area contributed by atoms with E-state index in [9.17, 15) is 14.4 Å². The van der Waals surface area contributed by atoms with Crippen LogP contribution in [-0.2, 0) is 13.0 Å². The largest absolute Gasteiger partial charge is 0.477 e. The molecule has 0 aromatic carbocycles. The number of aromatic amines is 1. The lowest BCUT2D eigenvalue weighted by molar-refractivity contribution is 0.0693. The van der Waals surface area contributed by atoms with Crippen LogP contribution in [-0.4, -0.2) is 20.6 Å². The zero-order valence-electron chi connectivity index (χ0n) is 9.55. The number of thiophene rings is 1. The normalized spacial score (nSPS) is 10.6. The quantitative estimate of drug-likeness (QED) is 0.874. The standard InChI is InChI=1S/C11H9BrN2O4S/c12-8-2-1-6(19-8)3-4-14-5-7(10(16)17)9(15)13-11(14)18/h1-2,5H,3-4H2,(H,16,17)(H,13,15,18). The minimum Gasteiger partial charge on any atom is -0.477 e. The van der Waals surface area contributed by atoms with E-state index in [1.54, 1.807) is 0 Å². The Hall–Kier alpha value is -1.67. The molecular formula is C11H9BrN2O4S. The number of nitrogens with one attached hydrogen (secondary N) is 1. The summed E-state index contributed by atoms with van der Waals surface area (Å²) in [6.07, 6.45) is 1.66. The summed E-state index contributed by atoms with van der Waals surface area (Å²) in [5.74, 6) is -1.35. The average molecular weight is 345 g/mol. The highest BCUT2D eigenvalue weighted by Gasteiger charge is 2.11. The van der Waals surface area contributed by atoms with Gasteiger partial charge < -0.3 is 5.11 Å². The summed E-state index contributed by atoms with van der Waals surface area (Å²) in [6, 6.07) is 3.82. The minimum atomic E-state index is -1.35. The molecule has 0 atom stereocenters. The third-order valence-electron chi connectivity index (χ3n) is 2.47. The smallest absolute Gasteiger partial charge is 0.342 e. The molecule has 0 amide bonds. The Kier molecular flexibility index (Phi) is 4.01. The van der Waals surface area contributed by atoms with Gasteiger partial charge >= 0.3 is 11.7 Å². The average Bonchev–Trinajstić information content (AvgIpc) is 2.73. The molecule has 0 bridgehead atoms. The van der Waals surface area contributed by atoms with Crippen molar-refractivity contribution in [3.05, 3.63) is 53.4 Å². The predicted octanol–water partition coefficient (Wildman–Crippen LogP) is 1.30. The van der Waals surface area contributed by atoms with Crippen molar-refractivity contribution in [1.82, 2.24) is 9.55 Å². The molecule has 0 aliphatic carbocycles. The molecule has 8 heteroatoms. The molecule has 0 unspecified atom stereocenters. The number of H-pyrrole nitrogens is 1. The van der Waals surface area contributed by atoms with Crippen molar-refractivity contribution in [3.63, 3.8) is 0 Å². The van der Waals surface area contributed by atoms with E-state index in [0.29, 0.717) is 13.0 Å². The molecule has 19 heavy (non-hydrogen) atoms. The fourth-order valence-electron chi connectivity index (χ4n) is 1.54. The van der Waals surface area contributed by atoms with Crippen molar-refractivity contribution in [2.24, 2.45) is 0 Å². The van der Waals surface area contributed by atoms with Gasteiger partial charge in [-0.1, -0.05) is 0 Å². The van der Waals surface area contributed by atoms with E-state index in [4.69, 9.17) is 5.11 Å². The van der Waals surface area contributed by atoms with Crippen LogP contribution in [0.2, 0.25) is 0 Å². The van der Waals surface area contributed by atoms with Crippen molar-refractivity contribution in [1.29, 1.82) is 0 Å². The molecule has 0 aliphatic rings. The monoisotopic (exact) mass is 344 g/mol. The number of halogens is 1. The Balaban J connectivity index is 2.25. The Labute approximate surface area is 119 Å². The molecule has 0 radical (unpaired) electrons. The molecule has 0 fully saturated rings. The second kappa shape index (κ2) is 5.54. The molecule has 6 nitrogen and oxygen atoms in total. The van der Waals surface area contributed by atoms with E-state index in [-0.39, 0.29) is 0 Å². The Bertz CT molecular complexity index is 731. The van der Waals surface area contributed by atoms with Gasteiger partial charge in [0.15, 0.2) is 0 Å². The first-order chi connectivity index (χ1) is 8.97. The van der Waals surface area contributed by atoms with E-state index < -0.39 is 22.8 Å². The van der Waals surface area contributed by atoms with Crippen LogP contribution in [0.25, 0.3) is 0 Å². The maximum Gasteiger partial charge on any atom is 0.342 e. The van der Waals surface area contributed by atoms with Gasteiger partial charge in [-0.15, -0.1) is 11.3 Å². The number of aromatic nitrogens is 2. The summed E-state index contributed by atoms with van der Waals surface area (Å²) in [4.78, 5) is 36.7. The van der Waals surface area contributed by atoms with Gasteiger partial charge in [-0.3, -0.25) is 14.3 Å². The fourth-order valence-corrected chi connectivity index (χ4v) is 3.02. The third kappa shape index (κ3) is 3.21. The molecule has 100 valence electrons. The van der Waals surface area contributed by atoms with Crippen LogP contribution in [0.3, 0.4) is 0 Å². The van der Waals surface area contributed by atoms with Crippen LogP contribution in [0.1, 0.15) is 15.2 Å². The molecular weight excluding hydrogens is 336 g/mol. The zero-order chi connectivity index (χ0) is 14.0. The predicted molar refractivity (Wildman–Crippen MR) is 74.0 cm³/mol. The second-order valence-electron chi connectivity index (χ2n) is 3.76. The zero-order valence-corrected chi connectivity index (χ0v) is 12.0. The highest BCUT2D eigenvalue weighted by atomic mass is 79.9. The number of carbonyl (C=O) groups is 1. The number of aryl methyl sites for hydroxylation is 2. The third-order valence-corrected chi connectivity index (χ3v) is 4.15. The van der Waals surface area contributed by atoms with Gasteiger partial charge in [0, 0.05) is 17.6 Å². The van der Waals surface area contributed by atoms with Gasteiger partial charge in [0.25, 0.3) is 5.56 Å². The van der Waals surface area contributed by atoms with Gasteiger partial charge in [0.1, 0.15) is 5.56 Å². The van der Waals surface area contributed by atoms with Crippen molar-refractivity contribution in [2.45, 2.75) is 13.0 Å².